The molecule has 0 spiro atoms. The Labute approximate surface area is 149 Å². The number of phenols is 1. The Bertz CT molecular complexity index is 860. The third-order valence-corrected chi connectivity index (χ3v) is 4.36. The highest BCUT2D eigenvalue weighted by Gasteiger charge is 2.24. The molecule has 7 heteroatoms. The normalized spacial score (nSPS) is 17.0. The van der Waals surface area contributed by atoms with Crippen LogP contribution in [0, 0.1) is 0 Å². The number of carbonyl (C=O) groups excluding carboxylic acids is 1. The fourth-order valence-corrected chi connectivity index (χ4v) is 3.02. The first kappa shape index (κ1) is 16.9. The molecule has 2 N–H and O–H groups in total. The van der Waals surface area contributed by atoms with Gasteiger partial charge in [-0.2, -0.15) is 0 Å². The number of hydrogen-bond acceptors (Lipinski definition) is 6. The highest BCUT2D eigenvalue weighted by molar-refractivity contribution is 8.18. The molecule has 1 aliphatic heterocycles. The van der Waals surface area contributed by atoms with Crippen LogP contribution in [0.25, 0.3) is 6.08 Å². The van der Waals surface area contributed by atoms with Crippen molar-refractivity contribution in [1.82, 2.24) is 5.32 Å². The summed E-state index contributed by atoms with van der Waals surface area (Å²) in [4.78, 5) is 17.1. The highest BCUT2D eigenvalue weighted by Crippen LogP contribution is 2.34. The van der Waals surface area contributed by atoms with E-state index in [9.17, 15) is 9.90 Å². The van der Waals surface area contributed by atoms with Crippen molar-refractivity contribution in [3.8, 4) is 17.2 Å². The SMILES string of the molecule is COc1ccc(N=C2NC(=O)/C(=C/c3ccc(O)cc3)S2)c(OC)c1. The first-order chi connectivity index (χ1) is 12.1. The van der Waals surface area contributed by atoms with Gasteiger partial charge in [-0.05, 0) is 47.7 Å². The molecule has 1 fully saturated rings. The first-order valence-electron chi connectivity index (χ1n) is 7.39. The molecule has 1 amide bonds. The number of aromatic hydroxyl groups is 1. The molecular weight excluding hydrogens is 340 g/mol. The van der Waals surface area contributed by atoms with Crippen molar-refractivity contribution in [1.29, 1.82) is 0 Å². The van der Waals surface area contributed by atoms with Crippen LogP contribution < -0.4 is 14.8 Å². The maximum absolute atomic E-state index is 12.1. The van der Waals surface area contributed by atoms with E-state index < -0.39 is 0 Å². The molecule has 2 aromatic carbocycles. The Morgan fingerprint density at radius 3 is 2.56 bits per heavy atom. The molecule has 1 saturated heterocycles. The standard InChI is InChI=1S/C18H16N2O4S/c1-23-13-7-8-14(15(10-13)24-2)19-18-20-17(22)16(25-18)9-11-3-5-12(21)6-4-11/h3-10,21H,1-2H3,(H,19,20,22)/b16-9-. The van der Waals surface area contributed by atoms with E-state index in [0.717, 1.165) is 5.56 Å². The number of amides is 1. The van der Waals surface area contributed by atoms with E-state index in [1.54, 1.807) is 62.8 Å². The average Bonchev–Trinajstić information content (AvgIpc) is 2.96. The van der Waals surface area contributed by atoms with Gasteiger partial charge in [-0.3, -0.25) is 4.79 Å². The van der Waals surface area contributed by atoms with Crippen molar-refractivity contribution in [3.63, 3.8) is 0 Å². The van der Waals surface area contributed by atoms with Crippen LogP contribution in [0.15, 0.2) is 52.4 Å². The van der Waals surface area contributed by atoms with Crippen LogP contribution in [-0.2, 0) is 4.79 Å². The molecule has 0 bridgehead atoms. The maximum atomic E-state index is 12.1. The minimum atomic E-state index is -0.218. The van der Waals surface area contributed by atoms with Crippen LogP contribution in [0.1, 0.15) is 5.56 Å². The number of hydrogen-bond donors (Lipinski definition) is 2. The summed E-state index contributed by atoms with van der Waals surface area (Å²) in [5.74, 6) is 1.18. The largest absolute Gasteiger partial charge is 0.508 e. The van der Waals surface area contributed by atoms with Gasteiger partial charge < -0.3 is 19.9 Å². The number of methoxy groups -OCH3 is 2. The topological polar surface area (TPSA) is 80.2 Å². The van der Waals surface area contributed by atoms with Crippen LogP contribution in [0.4, 0.5) is 5.69 Å². The molecule has 6 nitrogen and oxygen atoms in total. The lowest BCUT2D eigenvalue weighted by Gasteiger charge is -2.07. The molecule has 1 heterocycles. The van der Waals surface area contributed by atoms with Gasteiger partial charge in [0.1, 0.15) is 22.9 Å². The summed E-state index contributed by atoms with van der Waals surface area (Å²) in [6.45, 7) is 0. The lowest BCUT2D eigenvalue weighted by atomic mass is 10.2. The number of carbonyl (C=O) groups is 1. The second kappa shape index (κ2) is 7.31. The van der Waals surface area contributed by atoms with E-state index in [0.29, 0.717) is 27.3 Å². The minimum absolute atomic E-state index is 0.180. The zero-order valence-electron chi connectivity index (χ0n) is 13.6. The molecule has 0 aliphatic carbocycles. The predicted octanol–water partition coefficient (Wildman–Crippen LogP) is 3.30. The lowest BCUT2D eigenvalue weighted by Crippen LogP contribution is -2.19. The van der Waals surface area contributed by atoms with Crippen LogP contribution in [-0.4, -0.2) is 30.4 Å². The summed E-state index contributed by atoms with van der Waals surface area (Å²) in [5, 5.41) is 12.5. The summed E-state index contributed by atoms with van der Waals surface area (Å²) >= 11 is 1.24. The van der Waals surface area contributed by atoms with Gasteiger partial charge in [-0.1, -0.05) is 12.1 Å². The van der Waals surface area contributed by atoms with E-state index in [1.807, 2.05) is 0 Å². The third-order valence-electron chi connectivity index (χ3n) is 3.45. The molecule has 1 aliphatic rings. The van der Waals surface area contributed by atoms with E-state index >= 15 is 0 Å². The zero-order chi connectivity index (χ0) is 17.8. The van der Waals surface area contributed by atoms with Crippen molar-refractivity contribution in [2.75, 3.05) is 14.2 Å². The fourth-order valence-electron chi connectivity index (χ4n) is 2.19. The Hall–Kier alpha value is -2.93. The Morgan fingerprint density at radius 1 is 1.12 bits per heavy atom. The number of nitrogens with one attached hydrogen (secondary N) is 1. The third kappa shape index (κ3) is 3.95. The lowest BCUT2D eigenvalue weighted by molar-refractivity contribution is -0.115. The van der Waals surface area contributed by atoms with Gasteiger partial charge in [-0.15, -0.1) is 0 Å². The molecular formula is C18H16N2O4S. The van der Waals surface area contributed by atoms with Crippen molar-refractivity contribution in [3.05, 3.63) is 52.9 Å². The number of nitrogens with zero attached hydrogens (tertiary/aromatic N) is 1. The zero-order valence-corrected chi connectivity index (χ0v) is 14.5. The van der Waals surface area contributed by atoms with Crippen LogP contribution in [0.3, 0.4) is 0 Å². The number of rotatable bonds is 4. The van der Waals surface area contributed by atoms with E-state index in [4.69, 9.17) is 9.47 Å². The van der Waals surface area contributed by atoms with Crippen molar-refractivity contribution >= 4 is 34.6 Å². The molecule has 0 aromatic heterocycles. The molecule has 128 valence electrons. The van der Waals surface area contributed by atoms with Gasteiger partial charge in [0, 0.05) is 6.07 Å². The summed E-state index contributed by atoms with van der Waals surface area (Å²) in [6, 6.07) is 11.9. The number of benzene rings is 2. The van der Waals surface area contributed by atoms with Crippen LogP contribution in [0.2, 0.25) is 0 Å². The molecule has 0 saturated carbocycles. The molecule has 2 aromatic rings. The number of ether oxygens (including phenoxy) is 2. The van der Waals surface area contributed by atoms with Gasteiger partial charge in [0.15, 0.2) is 5.17 Å². The number of phenolic OH excluding ortho intramolecular Hbond substituents is 1. The van der Waals surface area contributed by atoms with Crippen LogP contribution >= 0.6 is 11.8 Å². The van der Waals surface area contributed by atoms with Crippen molar-refractivity contribution < 1.29 is 19.4 Å². The van der Waals surface area contributed by atoms with Gasteiger partial charge >= 0.3 is 0 Å². The molecule has 25 heavy (non-hydrogen) atoms. The average molecular weight is 356 g/mol. The maximum Gasteiger partial charge on any atom is 0.264 e. The first-order valence-corrected chi connectivity index (χ1v) is 8.21. The summed E-state index contributed by atoms with van der Waals surface area (Å²) in [6.07, 6.45) is 1.74. The number of amidine groups is 1. The Morgan fingerprint density at radius 2 is 1.88 bits per heavy atom. The highest BCUT2D eigenvalue weighted by atomic mass is 32.2. The quantitative estimate of drug-likeness (QED) is 0.822. The Balaban J connectivity index is 1.85. The monoisotopic (exact) mass is 356 g/mol. The van der Waals surface area contributed by atoms with E-state index in [2.05, 4.69) is 10.3 Å². The van der Waals surface area contributed by atoms with Crippen molar-refractivity contribution in [2.24, 2.45) is 4.99 Å². The minimum Gasteiger partial charge on any atom is -0.508 e. The van der Waals surface area contributed by atoms with Gasteiger partial charge in [0.25, 0.3) is 5.91 Å². The van der Waals surface area contributed by atoms with Crippen LogP contribution in [0.5, 0.6) is 17.2 Å². The van der Waals surface area contributed by atoms with E-state index in [-0.39, 0.29) is 11.7 Å². The molecule has 0 atom stereocenters. The van der Waals surface area contributed by atoms with Crippen molar-refractivity contribution in [2.45, 2.75) is 0 Å². The fraction of sp³-hybridized carbons (Fsp3) is 0.111. The summed E-state index contributed by atoms with van der Waals surface area (Å²) in [7, 11) is 3.13. The number of aliphatic imine (C=N–C) groups is 1. The predicted molar refractivity (Wildman–Crippen MR) is 98.5 cm³/mol. The second-order valence-electron chi connectivity index (χ2n) is 5.11. The summed E-state index contributed by atoms with van der Waals surface area (Å²) in [5.41, 5.74) is 1.41. The molecule has 0 unspecified atom stereocenters. The Kier molecular flexibility index (Phi) is 4.95. The number of thioether (sulfide) groups is 1. The van der Waals surface area contributed by atoms with Gasteiger partial charge in [0.05, 0.1) is 19.1 Å². The van der Waals surface area contributed by atoms with E-state index in [1.165, 1.54) is 11.8 Å². The van der Waals surface area contributed by atoms with Gasteiger partial charge in [-0.25, -0.2) is 4.99 Å². The molecule has 0 radical (unpaired) electrons. The van der Waals surface area contributed by atoms with Gasteiger partial charge in [0.2, 0.25) is 0 Å². The summed E-state index contributed by atoms with van der Waals surface area (Å²) < 4.78 is 10.5. The second-order valence-corrected chi connectivity index (χ2v) is 6.14. The smallest absolute Gasteiger partial charge is 0.264 e. The molecule has 3 rings (SSSR count).